The van der Waals surface area contributed by atoms with E-state index in [2.05, 4.69) is 36.1 Å². The highest BCUT2D eigenvalue weighted by atomic mass is 16.5. The summed E-state index contributed by atoms with van der Waals surface area (Å²) in [5.74, 6) is 0. The second-order valence-corrected chi connectivity index (χ2v) is 7.01. The maximum absolute atomic E-state index is 5.74. The Morgan fingerprint density at radius 1 is 1.40 bits per heavy atom. The predicted octanol–water partition coefficient (Wildman–Crippen LogP) is 1.42. The lowest BCUT2D eigenvalue weighted by molar-refractivity contribution is 0.0953. The Hall–Kier alpha value is -0.160. The molecule has 0 spiro atoms. The van der Waals surface area contributed by atoms with E-state index in [0.29, 0.717) is 5.41 Å². The molecule has 0 aliphatic carbocycles. The van der Waals surface area contributed by atoms with Crippen LogP contribution in [0.4, 0.5) is 0 Å². The van der Waals surface area contributed by atoms with E-state index in [1.54, 1.807) is 0 Å². The molecule has 2 fully saturated rings. The first-order valence-electron chi connectivity index (χ1n) is 8.32. The van der Waals surface area contributed by atoms with Gasteiger partial charge in [0.05, 0.1) is 6.61 Å². The molecule has 2 aliphatic heterocycles. The second-order valence-electron chi connectivity index (χ2n) is 7.01. The lowest BCUT2D eigenvalue weighted by atomic mass is 9.86. The highest BCUT2D eigenvalue weighted by Crippen LogP contribution is 2.32. The third kappa shape index (κ3) is 4.42. The van der Waals surface area contributed by atoms with E-state index in [-0.39, 0.29) is 0 Å². The van der Waals surface area contributed by atoms with Gasteiger partial charge in [-0.25, -0.2) is 0 Å². The van der Waals surface area contributed by atoms with Crippen molar-refractivity contribution < 1.29 is 4.74 Å². The molecule has 0 amide bonds. The zero-order valence-electron chi connectivity index (χ0n) is 13.7. The Morgan fingerprint density at radius 3 is 2.90 bits per heavy atom. The number of hydrogen-bond acceptors (Lipinski definition) is 4. The predicted molar refractivity (Wildman–Crippen MR) is 84.2 cm³/mol. The number of nitrogens with one attached hydrogen (secondary N) is 1. The molecule has 0 aromatic carbocycles. The van der Waals surface area contributed by atoms with Crippen molar-refractivity contribution in [3.05, 3.63) is 0 Å². The van der Waals surface area contributed by atoms with Gasteiger partial charge in [-0.1, -0.05) is 6.92 Å². The molecule has 0 aromatic heterocycles. The lowest BCUT2D eigenvalue weighted by Crippen LogP contribution is -2.48. The van der Waals surface area contributed by atoms with Gasteiger partial charge in [-0.15, -0.1) is 0 Å². The van der Waals surface area contributed by atoms with Gasteiger partial charge in [-0.3, -0.25) is 4.90 Å². The topological polar surface area (TPSA) is 27.7 Å². The van der Waals surface area contributed by atoms with E-state index in [9.17, 15) is 0 Å². The van der Waals surface area contributed by atoms with E-state index < -0.39 is 0 Å². The fourth-order valence-electron chi connectivity index (χ4n) is 3.66. The van der Waals surface area contributed by atoms with E-state index in [0.717, 1.165) is 32.3 Å². The maximum atomic E-state index is 5.74. The van der Waals surface area contributed by atoms with Gasteiger partial charge in [0.2, 0.25) is 0 Å². The number of likely N-dealkylation sites (N-methyl/N-ethyl adjacent to an activating group) is 1. The molecule has 118 valence electrons. The Bertz CT molecular complexity index is 277. The lowest BCUT2D eigenvalue weighted by Gasteiger charge is -2.36. The van der Waals surface area contributed by atoms with Crippen molar-refractivity contribution in [3.63, 3.8) is 0 Å². The minimum absolute atomic E-state index is 0.351. The monoisotopic (exact) mass is 283 g/mol. The molecular formula is C16H33N3O. The summed E-state index contributed by atoms with van der Waals surface area (Å²) >= 11 is 0. The normalized spacial score (nSPS) is 31.5. The van der Waals surface area contributed by atoms with Crippen LogP contribution >= 0.6 is 0 Å². The standard InChI is InChI=1S/C16H33N3O/c1-4-8-17-12-16(7-10-20-14-16)13-19-9-5-6-15(19)11-18(2)3/h15,17H,4-14H2,1-3H3. The molecule has 1 N–H and O–H groups in total. The summed E-state index contributed by atoms with van der Waals surface area (Å²) in [5, 5.41) is 3.63. The number of hydrogen-bond donors (Lipinski definition) is 1. The van der Waals surface area contributed by atoms with Gasteiger partial charge in [-0.2, -0.15) is 0 Å². The van der Waals surface area contributed by atoms with Gasteiger partial charge in [0.25, 0.3) is 0 Å². The number of ether oxygens (including phenoxy) is 1. The molecule has 2 saturated heterocycles. The highest BCUT2D eigenvalue weighted by molar-refractivity contribution is 4.92. The fraction of sp³-hybridized carbons (Fsp3) is 1.00. The molecule has 2 heterocycles. The van der Waals surface area contributed by atoms with Crippen molar-refractivity contribution >= 4 is 0 Å². The van der Waals surface area contributed by atoms with Crippen LogP contribution in [0.1, 0.15) is 32.6 Å². The molecule has 0 bridgehead atoms. The Labute approximate surface area is 124 Å². The van der Waals surface area contributed by atoms with Crippen LogP contribution in [0, 0.1) is 5.41 Å². The zero-order chi connectivity index (χ0) is 14.4. The Balaban J connectivity index is 1.89. The molecule has 0 saturated carbocycles. The van der Waals surface area contributed by atoms with Crippen molar-refractivity contribution in [2.45, 2.75) is 38.6 Å². The van der Waals surface area contributed by atoms with Crippen LogP contribution in [0.3, 0.4) is 0 Å². The molecule has 4 heteroatoms. The summed E-state index contributed by atoms with van der Waals surface area (Å²) in [6.07, 6.45) is 5.15. The zero-order valence-corrected chi connectivity index (χ0v) is 13.7. The second kappa shape index (κ2) is 7.74. The van der Waals surface area contributed by atoms with Crippen molar-refractivity contribution in [1.29, 1.82) is 0 Å². The van der Waals surface area contributed by atoms with Crippen LogP contribution in [0.15, 0.2) is 0 Å². The fourth-order valence-corrected chi connectivity index (χ4v) is 3.66. The van der Waals surface area contributed by atoms with Crippen molar-refractivity contribution in [2.75, 3.05) is 60.0 Å². The number of rotatable bonds is 8. The summed E-state index contributed by atoms with van der Waals surface area (Å²) in [7, 11) is 4.38. The smallest absolute Gasteiger partial charge is 0.0547 e. The average Bonchev–Trinajstić information content (AvgIpc) is 3.01. The van der Waals surface area contributed by atoms with E-state index in [4.69, 9.17) is 4.74 Å². The van der Waals surface area contributed by atoms with Crippen molar-refractivity contribution in [3.8, 4) is 0 Å². The highest BCUT2D eigenvalue weighted by Gasteiger charge is 2.39. The molecule has 2 atom stereocenters. The van der Waals surface area contributed by atoms with Gasteiger partial charge in [0.1, 0.15) is 0 Å². The maximum Gasteiger partial charge on any atom is 0.0547 e. The van der Waals surface area contributed by atoms with E-state index in [1.165, 1.54) is 45.3 Å². The SMILES string of the molecule is CCCNCC1(CN2CCCC2CN(C)C)CCOC1. The summed E-state index contributed by atoms with van der Waals surface area (Å²) in [6.45, 7) is 10.0. The summed E-state index contributed by atoms with van der Waals surface area (Å²) in [5.41, 5.74) is 0.351. The summed E-state index contributed by atoms with van der Waals surface area (Å²) in [6, 6.07) is 0.744. The summed E-state index contributed by atoms with van der Waals surface area (Å²) < 4.78 is 5.74. The molecule has 0 radical (unpaired) electrons. The molecule has 4 nitrogen and oxygen atoms in total. The summed E-state index contributed by atoms with van der Waals surface area (Å²) in [4.78, 5) is 5.05. The molecule has 2 unspecified atom stereocenters. The van der Waals surface area contributed by atoms with Crippen LogP contribution in [-0.4, -0.2) is 75.9 Å². The van der Waals surface area contributed by atoms with Crippen molar-refractivity contribution in [1.82, 2.24) is 15.1 Å². The number of nitrogens with zero attached hydrogens (tertiary/aromatic N) is 2. The first-order valence-corrected chi connectivity index (χ1v) is 8.32. The molecule has 0 aromatic rings. The number of likely N-dealkylation sites (tertiary alicyclic amines) is 1. The molecule has 20 heavy (non-hydrogen) atoms. The average molecular weight is 283 g/mol. The van der Waals surface area contributed by atoms with Crippen LogP contribution in [0.2, 0.25) is 0 Å². The molecular weight excluding hydrogens is 250 g/mol. The third-order valence-electron chi connectivity index (χ3n) is 4.73. The molecule has 2 aliphatic rings. The van der Waals surface area contributed by atoms with Crippen LogP contribution < -0.4 is 5.32 Å². The Kier molecular flexibility index (Phi) is 6.27. The minimum atomic E-state index is 0.351. The largest absolute Gasteiger partial charge is 0.381 e. The van der Waals surface area contributed by atoms with Gasteiger partial charge in [0.15, 0.2) is 0 Å². The van der Waals surface area contributed by atoms with Gasteiger partial charge in [-0.05, 0) is 52.9 Å². The van der Waals surface area contributed by atoms with Gasteiger partial charge in [0, 0.05) is 37.7 Å². The van der Waals surface area contributed by atoms with Crippen molar-refractivity contribution in [2.24, 2.45) is 5.41 Å². The van der Waals surface area contributed by atoms with Crippen LogP contribution in [0.25, 0.3) is 0 Å². The minimum Gasteiger partial charge on any atom is -0.381 e. The Morgan fingerprint density at radius 2 is 2.25 bits per heavy atom. The van der Waals surface area contributed by atoms with E-state index >= 15 is 0 Å². The quantitative estimate of drug-likeness (QED) is 0.682. The first-order chi connectivity index (χ1) is 9.65. The molecule has 2 rings (SSSR count). The van der Waals surface area contributed by atoms with Gasteiger partial charge < -0.3 is 15.0 Å². The van der Waals surface area contributed by atoms with E-state index in [1.807, 2.05) is 0 Å². The van der Waals surface area contributed by atoms with Crippen LogP contribution in [-0.2, 0) is 4.74 Å². The van der Waals surface area contributed by atoms with Crippen LogP contribution in [0.5, 0.6) is 0 Å². The van der Waals surface area contributed by atoms with Gasteiger partial charge >= 0.3 is 0 Å². The third-order valence-corrected chi connectivity index (χ3v) is 4.73. The first kappa shape index (κ1) is 16.2.